The predicted octanol–water partition coefficient (Wildman–Crippen LogP) is 3.90. The summed E-state index contributed by atoms with van der Waals surface area (Å²) < 4.78 is 59.1. The van der Waals surface area contributed by atoms with Crippen LogP contribution in [-0.4, -0.2) is 22.8 Å². The van der Waals surface area contributed by atoms with Gasteiger partial charge in [0.1, 0.15) is 5.54 Å². The molecule has 0 radical (unpaired) electrons. The second kappa shape index (κ2) is 3.97. The summed E-state index contributed by atoms with van der Waals surface area (Å²) >= 11 is 4.98. The Kier molecular flexibility index (Phi) is 2.66. The van der Waals surface area contributed by atoms with Crippen molar-refractivity contribution in [3.8, 4) is 5.75 Å². The van der Waals surface area contributed by atoms with E-state index in [-0.39, 0.29) is 34.4 Å². The minimum atomic E-state index is -4.40. The molecule has 0 spiro atoms. The summed E-state index contributed by atoms with van der Waals surface area (Å²) in [5, 5.41) is 0. The van der Waals surface area contributed by atoms with E-state index in [2.05, 4.69) is 4.98 Å². The van der Waals surface area contributed by atoms with Crippen molar-refractivity contribution < 1.29 is 22.3 Å². The van der Waals surface area contributed by atoms with Gasteiger partial charge in [0.2, 0.25) is 0 Å². The van der Waals surface area contributed by atoms with Crippen LogP contribution in [0.3, 0.4) is 0 Å². The Labute approximate surface area is 116 Å². The number of hydrogen-bond acceptors (Lipinski definition) is 2. The Morgan fingerprint density at radius 3 is 2.50 bits per heavy atom. The number of aromatic amines is 1. The van der Waals surface area contributed by atoms with Gasteiger partial charge in [0, 0.05) is 12.1 Å². The lowest BCUT2D eigenvalue weighted by Crippen LogP contribution is -2.34. The zero-order chi connectivity index (χ0) is 14.7. The maximum absolute atomic E-state index is 13.6. The van der Waals surface area contributed by atoms with Crippen molar-refractivity contribution in [3.05, 3.63) is 22.7 Å². The van der Waals surface area contributed by atoms with Crippen molar-refractivity contribution in [2.75, 3.05) is 7.11 Å². The van der Waals surface area contributed by atoms with Gasteiger partial charge < -0.3 is 14.3 Å². The van der Waals surface area contributed by atoms with Crippen LogP contribution in [0.1, 0.15) is 12.8 Å². The first-order chi connectivity index (χ1) is 9.30. The summed E-state index contributed by atoms with van der Waals surface area (Å²) in [5.74, 6) is -0.765. The monoisotopic (exact) mass is 306 g/mol. The van der Waals surface area contributed by atoms with E-state index in [4.69, 9.17) is 17.0 Å². The van der Waals surface area contributed by atoms with Crippen LogP contribution in [-0.2, 0) is 5.54 Å². The molecule has 8 heteroatoms. The van der Waals surface area contributed by atoms with Gasteiger partial charge in [-0.3, -0.25) is 0 Å². The molecular formula is C12H10F4N2OS. The quantitative estimate of drug-likeness (QED) is 0.674. The number of ether oxygens (including phenoxy) is 1. The third-order valence-corrected chi connectivity index (χ3v) is 3.92. The highest BCUT2D eigenvalue weighted by Gasteiger charge is 2.65. The molecule has 3 nitrogen and oxygen atoms in total. The first kappa shape index (κ1) is 13.4. The molecule has 0 unspecified atom stereocenters. The molecule has 2 aromatic rings. The van der Waals surface area contributed by atoms with E-state index in [1.165, 1.54) is 13.2 Å². The number of aromatic nitrogens is 2. The maximum atomic E-state index is 13.6. The second-order valence-corrected chi connectivity index (χ2v) is 5.19. The van der Waals surface area contributed by atoms with Crippen LogP contribution in [0, 0.1) is 10.6 Å². The fraction of sp³-hybridized carbons (Fsp3) is 0.417. The van der Waals surface area contributed by atoms with E-state index in [9.17, 15) is 17.6 Å². The van der Waals surface area contributed by atoms with Crippen LogP contribution in [0.25, 0.3) is 11.0 Å². The summed E-state index contributed by atoms with van der Waals surface area (Å²) in [7, 11) is 1.26. The van der Waals surface area contributed by atoms with Crippen molar-refractivity contribution in [1.29, 1.82) is 0 Å². The smallest absolute Gasteiger partial charge is 0.412 e. The Bertz CT molecular complexity index is 742. The van der Waals surface area contributed by atoms with Crippen LogP contribution in [0.5, 0.6) is 5.75 Å². The van der Waals surface area contributed by atoms with Crippen molar-refractivity contribution >= 4 is 23.3 Å². The average Bonchev–Trinajstić information content (AvgIpc) is 3.07. The molecule has 0 saturated heterocycles. The van der Waals surface area contributed by atoms with Crippen LogP contribution >= 0.6 is 12.2 Å². The molecule has 1 N–H and O–H groups in total. The number of benzene rings is 1. The van der Waals surface area contributed by atoms with Crippen LogP contribution in [0.2, 0.25) is 0 Å². The number of imidazole rings is 1. The summed E-state index contributed by atoms with van der Waals surface area (Å²) in [6.07, 6.45) is -4.46. The second-order valence-electron chi connectivity index (χ2n) is 4.80. The van der Waals surface area contributed by atoms with Gasteiger partial charge in [0.15, 0.2) is 16.3 Å². The summed E-state index contributed by atoms with van der Waals surface area (Å²) in [5.41, 5.74) is -1.56. The molecule has 0 aliphatic heterocycles. The Morgan fingerprint density at radius 1 is 1.35 bits per heavy atom. The topological polar surface area (TPSA) is 29.9 Å². The molecule has 1 fully saturated rings. The van der Waals surface area contributed by atoms with Crippen LogP contribution in [0.4, 0.5) is 17.6 Å². The van der Waals surface area contributed by atoms with Gasteiger partial charge in [-0.2, -0.15) is 13.2 Å². The molecule has 1 aliphatic rings. The van der Waals surface area contributed by atoms with Gasteiger partial charge in [-0.25, -0.2) is 4.39 Å². The van der Waals surface area contributed by atoms with E-state index < -0.39 is 17.5 Å². The van der Waals surface area contributed by atoms with Crippen molar-refractivity contribution in [1.82, 2.24) is 9.55 Å². The first-order valence-corrected chi connectivity index (χ1v) is 6.26. The molecule has 0 bridgehead atoms. The third kappa shape index (κ3) is 1.67. The maximum Gasteiger partial charge on any atom is 0.412 e. The fourth-order valence-electron chi connectivity index (χ4n) is 2.44. The zero-order valence-corrected chi connectivity index (χ0v) is 11.2. The molecule has 1 aliphatic carbocycles. The molecule has 0 amide bonds. The minimum Gasteiger partial charge on any atom is -0.494 e. The van der Waals surface area contributed by atoms with Gasteiger partial charge >= 0.3 is 6.18 Å². The number of hydrogen-bond donors (Lipinski definition) is 1. The van der Waals surface area contributed by atoms with Gasteiger partial charge in [-0.05, 0) is 25.1 Å². The molecule has 1 aromatic carbocycles. The van der Waals surface area contributed by atoms with E-state index in [1.807, 2.05) is 0 Å². The summed E-state index contributed by atoms with van der Waals surface area (Å²) in [6.45, 7) is 0. The lowest BCUT2D eigenvalue weighted by atomic mass is 10.2. The summed E-state index contributed by atoms with van der Waals surface area (Å²) in [4.78, 5) is 2.62. The first-order valence-electron chi connectivity index (χ1n) is 5.86. The number of alkyl halides is 3. The Balaban J connectivity index is 2.32. The molecule has 20 heavy (non-hydrogen) atoms. The number of nitrogens with one attached hydrogen (secondary N) is 1. The van der Waals surface area contributed by atoms with Gasteiger partial charge in [0.25, 0.3) is 0 Å². The van der Waals surface area contributed by atoms with E-state index >= 15 is 0 Å². The van der Waals surface area contributed by atoms with E-state index in [0.29, 0.717) is 0 Å². The SMILES string of the molecule is COc1cc2c(cc1F)[nH]c(=S)n2C1(C(F)(F)F)CC1. The average molecular weight is 306 g/mol. The van der Waals surface area contributed by atoms with Gasteiger partial charge in [-0.1, -0.05) is 0 Å². The number of halogens is 4. The predicted molar refractivity (Wildman–Crippen MR) is 66.9 cm³/mol. The number of fused-ring (bicyclic) bond motifs is 1. The highest BCUT2D eigenvalue weighted by molar-refractivity contribution is 7.71. The molecule has 108 valence electrons. The molecule has 1 aromatic heterocycles. The molecular weight excluding hydrogens is 296 g/mol. The van der Waals surface area contributed by atoms with Gasteiger partial charge in [0.05, 0.1) is 18.1 Å². The highest BCUT2D eigenvalue weighted by Crippen LogP contribution is 2.56. The standard InChI is InChI=1S/C12H10F4N2OS/c1-19-9-5-8-7(4-6(9)13)17-10(20)18(8)11(2-3-11)12(14,15)16/h4-5H,2-3H2,1H3,(H,17,20). The number of rotatable bonds is 2. The van der Waals surface area contributed by atoms with Gasteiger partial charge in [-0.15, -0.1) is 0 Å². The normalized spacial score (nSPS) is 17.4. The van der Waals surface area contributed by atoms with E-state index in [1.54, 1.807) is 0 Å². The van der Waals surface area contributed by atoms with Crippen LogP contribution in [0.15, 0.2) is 12.1 Å². The zero-order valence-electron chi connectivity index (χ0n) is 10.3. The van der Waals surface area contributed by atoms with Crippen LogP contribution < -0.4 is 4.74 Å². The Hall–Kier alpha value is -1.57. The molecule has 0 atom stereocenters. The summed E-state index contributed by atoms with van der Waals surface area (Å²) in [6, 6.07) is 2.33. The lowest BCUT2D eigenvalue weighted by Gasteiger charge is -2.21. The molecule has 3 rings (SSSR count). The largest absolute Gasteiger partial charge is 0.494 e. The number of H-pyrrole nitrogens is 1. The number of nitrogens with zero attached hydrogens (tertiary/aromatic N) is 1. The lowest BCUT2D eigenvalue weighted by molar-refractivity contribution is -0.179. The van der Waals surface area contributed by atoms with Crippen molar-refractivity contribution in [2.45, 2.75) is 24.6 Å². The highest BCUT2D eigenvalue weighted by atomic mass is 32.1. The minimum absolute atomic E-state index is 0.0303. The van der Waals surface area contributed by atoms with E-state index in [0.717, 1.165) is 10.6 Å². The molecule has 1 heterocycles. The third-order valence-electron chi connectivity index (χ3n) is 3.64. The fourth-order valence-corrected chi connectivity index (χ4v) is 2.82. The Morgan fingerprint density at radius 2 is 2.00 bits per heavy atom. The van der Waals surface area contributed by atoms with Crippen molar-refractivity contribution in [2.24, 2.45) is 0 Å². The number of methoxy groups -OCH3 is 1. The van der Waals surface area contributed by atoms with Crippen molar-refractivity contribution in [3.63, 3.8) is 0 Å². The molecule has 1 saturated carbocycles.